The van der Waals surface area contributed by atoms with Gasteiger partial charge in [-0.25, -0.2) is 4.79 Å². The highest BCUT2D eigenvalue weighted by molar-refractivity contribution is 6.08. The van der Waals surface area contributed by atoms with Gasteiger partial charge in [-0.2, -0.15) is 0 Å². The molecule has 3 N–H and O–H groups in total. The highest BCUT2D eigenvalue weighted by Crippen LogP contribution is 2.46. The molecule has 194 valence electrons. The van der Waals surface area contributed by atoms with Crippen LogP contribution in [-0.4, -0.2) is 59.3 Å². The van der Waals surface area contributed by atoms with Crippen molar-refractivity contribution in [1.29, 1.82) is 0 Å². The van der Waals surface area contributed by atoms with Crippen LogP contribution >= 0.6 is 0 Å². The lowest BCUT2D eigenvalue weighted by Crippen LogP contribution is -2.54. The summed E-state index contributed by atoms with van der Waals surface area (Å²) in [7, 11) is 1.55. The van der Waals surface area contributed by atoms with Crippen molar-refractivity contribution in [2.75, 3.05) is 18.9 Å². The zero-order chi connectivity index (χ0) is 26.2. The van der Waals surface area contributed by atoms with Crippen molar-refractivity contribution in [2.45, 2.75) is 56.2 Å². The molecule has 1 spiro atoms. The molecule has 2 fully saturated rings. The maximum atomic E-state index is 14.1. The van der Waals surface area contributed by atoms with E-state index < -0.39 is 29.5 Å². The molecule has 0 unspecified atom stereocenters. The van der Waals surface area contributed by atoms with Crippen molar-refractivity contribution in [3.8, 4) is 0 Å². The molecule has 2 aromatic carbocycles. The molecule has 2 heterocycles. The van der Waals surface area contributed by atoms with Crippen molar-refractivity contribution in [3.05, 3.63) is 65.7 Å². The van der Waals surface area contributed by atoms with Crippen LogP contribution in [-0.2, 0) is 31.1 Å². The predicted molar refractivity (Wildman–Crippen MR) is 136 cm³/mol. The lowest BCUT2D eigenvalue weighted by molar-refractivity contribution is -0.142. The number of anilines is 1. The number of para-hydroxylation sites is 1. The third kappa shape index (κ3) is 4.54. The highest BCUT2D eigenvalue weighted by Gasteiger charge is 2.58. The summed E-state index contributed by atoms with van der Waals surface area (Å²) in [6.45, 7) is 0.110. The molecule has 0 aromatic heterocycles. The van der Waals surface area contributed by atoms with E-state index in [9.17, 15) is 19.2 Å². The SMILES string of the molecule is CN(C(=O)OCc1ccccc1)[C@@H](CC1CCC1)C(=O)N1C[C@]2(C[C@H]1C(N)=O)C(=O)Nc1ccccc12. The second-order valence-electron chi connectivity index (χ2n) is 10.4. The Kier molecular flexibility index (Phi) is 6.62. The molecule has 3 aliphatic rings. The smallest absolute Gasteiger partial charge is 0.410 e. The number of likely N-dealkylation sites (tertiary alicyclic amines) is 1. The van der Waals surface area contributed by atoms with Gasteiger partial charge in [0.1, 0.15) is 18.7 Å². The number of rotatable bonds is 7. The topological polar surface area (TPSA) is 122 Å². The molecule has 0 radical (unpaired) electrons. The number of hydrogen-bond donors (Lipinski definition) is 2. The van der Waals surface area contributed by atoms with Gasteiger partial charge in [-0.05, 0) is 36.0 Å². The first-order chi connectivity index (χ1) is 17.8. The minimum absolute atomic E-state index is 0.0242. The maximum Gasteiger partial charge on any atom is 0.410 e. The van der Waals surface area contributed by atoms with E-state index in [1.807, 2.05) is 54.6 Å². The van der Waals surface area contributed by atoms with Crippen LogP contribution in [0, 0.1) is 5.92 Å². The summed E-state index contributed by atoms with van der Waals surface area (Å²) in [4.78, 5) is 55.5. The number of fused-ring (bicyclic) bond motifs is 2. The van der Waals surface area contributed by atoms with Crippen LogP contribution in [0.1, 0.15) is 43.2 Å². The van der Waals surface area contributed by atoms with E-state index in [-0.39, 0.29) is 31.4 Å². The largest absolute Gasteiger partial charge is 0.445 e. The Bertz CT molecular complexity index is 1210. The Morgan fingerprint density at radius 1 is 1.14 bits per heavy atom. The second-order valence-corrected chi connectivity index (χ2v) is 10.4. The van der Waals surface area contributed by atoms with Gasteiger partial charge in [0.25, 0.3) is 0 Å². The lowest BCUT2D eigenvalue weighted by atomic mass is 9.79. The molecule has 9 nitrogen and oxygen atoms in total. The molecule has 4 amide bonds. The first-order valence-corrected chi connectivity index (χ1v) is 12.7. The van der Waals surface area contributed by atoms with Crippen molar-refractivity contribution in [2.24, 2.45) is 11.7 Å². The average molecular weight is 505 g/mol. The van der Waals surface area contributed by atoms with E-state index in [4.69, 9.17) is 10.5 Å². The molecule has 3 atom stereocenters. The average Bonchev–Trinajstić information content (AvgIpc) is 3.41. The summed E-state index contributed by atoms with van der Waals surface area (Å²) in [5.74, 6) is -0.998. The molecule has 37 heavy (non-hydrogen) atoms. The number of benzene rings is 2. The number of carbonyl (C=O) groups is 4. The van der Waals surface area contributed by atoms with Crippen LogP contribution in [0.5, 0.6) is 0 Å². The summed E-state index contributed by atoms with van der Waals surface area (Å²) in [6.07, 6.45) is 3.00. The van der Waals surface area contributed by atoms with Crippen molar-refractivity contribution in [1.82, 2.24) is 9.80 Å². The zero-order valence-electron chi connectivity index (χ0n) is 20.9. The van der Waals surface area contributed by atoms with Crippen LogP contribution in [0.2, 0.25) is 0 Å². The van der Waals surface area contributed by atoms with Gasteiger partial charge in [0, 0.05) is 19.3 Å². The third-order valence-corrected chi connectivity index (χ3v) is 8.12. The van der Waals surface area contributed by atoms with Gasteiger partial charge < -0.3 is 20.7 Å². The second kappa shape index (κ2) is 9.88. The van der Waals surface area contributed by atoms with Crippen LogP contribution < -0.4 is 11.1 Å². The van der Waals surface area contributed by atoms with Crippen molar-refractivity contribution >= 4 is 29.5 Å². The van der Waals surface area contributed by atoms with E-state index in [2.05, 4.69) is 5.32 Å². The van der Waals surface area contributed by atoms with Crippen LogP contribution in [0.15, 0.2) is 54.6 Å². The minimum Gasteiger partial charge on any atom is -0.445 e. The Hall–Kier alpha value is -3.88. The molecular weight excluding hydrogens is 472 g/mol. The zero-order valence-corrected chi connectivity index (χ0v) is 20.9. The Balaban J connectivity index is 1.39. The van der Waals surface area contributed by atoms with Gasteiger partial charge >= 0.3 is 6.09 Å². The fraction of sp³-hybridized carbons (Fsp3) is 0.429. The first-order valence-electron chi connectivity index (χ1n) is 12.7. The van der Waals surface area contributed by atoms with Gasteiger partial charge in [-0.15, -0.1) is 0 Å². The van der Waals surface area contributed by atoms with Gasteiger partial charge in [-0.1, -0.05) is 67.8 Å². The molecule has 1 saturated carbocycles. The van der Waals surface area contributed by atoms with Crippen molar-refractivity contribution < 1.29 is 23.9 Å². The standard InChI is InChI=1S/C28H32N4O5/c1-31(27(36)37-16-19-8-3-2-4-9-19)22(14-18-10-7-11-18)25(34)32-17-28(15-23(32)24(29)33)20-12-5-6-13-21(20)30-26(28)35/h2-6,8-9,12-13,18,22-23H,7,10-11,14-17H2,1H3,(H2,29,33)(H,30,35)/t22-,23-,28-/m0/s1. The van der Waals surface area contributed by atoms with Crippen LogP contribution in [0.4, 0.5) is 10.5 Å². The number of amides is 4. The number of nitrogens with two attached hydrogens (primary N) is 1. The molecule has 9 heteroatoms. The van der Waals surface area contributed by atoms with Gasteiger partial charge in [-0.3, -0.25) is 19.3 Å². The molecule has 5 rings (SSSR count). The Morgan fingerprint density at radius 2 is 1.84 bits per heavy atom. The molecule has 2 aliphatic heterocycles. The van der Waals surface area contributed by atoms with E-state index in [0.717, 1.165) is 30.4 Å². The molecule has 0 bridgehead atoms. The molecular formula is C28H32N4O5. The lowest BCUT2D eigenvalue weighted by Gasteiger charge is -2.36. The Labute approximate surface area is 215 Å². The van der Waals surface area contributed by atoms with Crippen molar-refractivity contribution in [3.63, 3.8) is 0 Å². The van der Waals surface area contributed by atoms with Crippen LogP contribution in [0.3, 0.4) is 0 Å². The Morgan fingerprint density at radius 3 is 2.51 bits per heavy atom. The number of hydrogen-bond acceptors (Lipinski definition) is 5. The molecule has 1 saturated heterocycles. The molecule has 2 aromatic rings. The fourth-order valence-corrected chi connectivity index (χ4v) is 5.73. The van der Waals surface area contributed by atoms with E-state index >= 15 is 0 Å². The number of ether oxygens (including phenoxy) is 1. The summed E-state index contributed by atoms with van der Waals surface area (Å²) >= 11 is 0. The predicted octanol–water partition coefficient (Wildman–Crippen LogP) is 2.79. The van der Waals surface area contributed by atoms with Gasteiger partial charge in [0.05, 0.1) is 5.41 Å². The van der Waals surface area contributed by atoms with Crippen LogP contribution in [0.25, 0.3) is 0 Å². The number of primary amides is 1. The summed E-state index contributed by atoms with van der Waals surface area (Å²) < 4.78 is 5.51. The summed E-state index contributed by atoms with van der Waals surface area (Å²) in [5.41, 5.74) is 6.98. The van der Waals surface area contributed by atoms with E-state index in [1.165, 1.54) is 9.80 Å². The maximum absolute atomic E-state index is 14.1. The monoisotopic (exact) mass is 504 g/mol. The highest BCUT2D eigenvalue weighted by atomic mass is 16.6. The number of carbonyl (C=O) groups excluding carboxylic acids is 4. The first kappa shape index (κ1) is 24.8. The summed E-state index contributed by atoms with van der Waals surface area (Å²) in [5, 5.41) is 2.89. The molecule has 1 aliphatic carbocycles. The van der Waals surface area contributed by atoms with E-state index in [1.54, 1.807) is 7.05 Å². The summed E-state index contributed by atoms with van der Waals surface area (Å²) in [6, 6.07) is 14.8. The normalized spacial score (nSPS) is 23.2. The number of nitrogens with one attached hydrogen (secondary N) is 1. The third-order valence-electron chi connectivity index (χ3n) is 8.12. The number of likely N-dealkylation sites (N-methyl/N-ethyl adjacent to an activating group) is 1. The van der Waals surface area contributed by atoms with E-state index in [0.29, 0.717) is 18.0 Å². The number of nitrogens with zero attached hydrogens (tertiary/aromatic N) is 2. The van der Waals surface area contributed by atoms with Gasteiger partial charge in [0.15, 0.2) is 0 Å². The fourth-order valence-electron chi connectivity index (χ4n) is 5.73. The minimum atomic E-state index is -1.06. The van der Waals surface area contributed by atoms with Gasteiger partial charge in [0.2, 0.25) is 17.7 Å². The quantitative estimate of drug-likeness (QED) is 0.601.